The van der Waals surface area contributed by atoms with Crippen LogP contribution in [0.1, 0.15) is 30.4 Å². The number of methoxy groups -OCH3 is 1. The Morgan fingerprint density at radius 2 is 1.96 bits per heavy atom. The summed E-state index contributed by atoms with van der Waals surface area (Å²) in [5.41, 5.74) is 2.38. The zero-order valence-corrected chi connectivity index (χ0v) is 16.9. The predicted molar refractivity (Wildman–Crippen MR) is 106 cm³/mol. The van der Waals surface area contributed by atoms with E-state index in [-0.39, 0.29) is 17.7 Å². The average molecular weight is 376 g/mol. The van der Waals surface area contributed by atoms with Gasteiger partial charge in [-0.05, 0) is 50.4 Å². The van der Waals surface area contributed by atoms with E-state index < -0.39 is 0 Å². The number of hydrogen-bond acceptors (Lipinski definition) is 4. The fraction of sp³-hybridized carbons (Fsp3) is 0.619. The zero-order valence-electron chi connectivity index (χ0n) is 16.9. The molecule has 0 aromatic heterocycles. The maximum Gasteiger partial charge on any atom is 0.236 e. The Labute approximate surface area is 162 Å². The molecule has 6 nitrogen and oxygen atoms in total. The lowest BCUT2D eigenvalue weighted by Gasteiger charge is -2.32. The number of nitrogens with zero attached hydrogens (tertiary/aromatic N) is 2. The smallest absolute Gasteiger partial charge is 0.236 e. The van der Waals surface area contributed by atoms with Crippen LogP contribution in [-0.2, 0) is 20.9 Å². The summed E-state index contributed by atoms with van der Waals surface area (Å²) in [6.45, 7) is 6.03. The molecular formula is C21H33N3O3. The molecule has 1 saturated heterocycles. The number of likely N-dealkylation sites (N-methyl/N-ethyl adjacent to an activating group) is 1. The second-order valence-corrected chi connectivity index (χ2v) is 7.36. The van der Waals surface area contributed by atoms with Crippen LogP contribution in [0.4, 0.5) is 0 Å². The predicted octanol–water partition coefficient (Wildman–Crippen LogP) is 1.82. The summed E-state index contributed by atoms with van der Waals surface area (Å²) in [6, 6.07) is 8.15. The van der Waals surface area contributed by atoms with E-state index in [1.807, 2.05) is 19.2 Å². The number of ether oxygens (including phenoxy) is 1. The van der Waals surface area contributed by atoms with Crippen molar-refractivity contribution in [1.29, 1.82) is 0 Å². The highest BCUT2D eigenvalue weighted by atomic mass is 16.5. The highest BCUT2D eigenvalue weighted by Gasteiger charge is 2.26. The molecular weight excluding hydrogens is 342 g/mol. The lowest BCUT2D eigenvalue weighted by atomic mass is 9.96. The number of aryl methyl sites for hydroxylation is 1. The van der Waals surface area contributed by atoms with Crippen LogP contribution in [0.5, 0.6) is 0 Å². The number of carbonyl (C=O) groups is 2. The lowest BCUT2D eigenvalue weighted by Crippen LogP contribution is -2.44. The van der Waals surface area contributed by atoms with Gasteiger partial charge >= 0.3 is 0 Å². The van der Waals surface area contributed by atoms with Crippen LogP contribution >= 0.6 is 0 Å². The van der Waals surface area contributed by atoms with Crippen molar-refractivity contribution in [1.82, 2.24) is 15.1 Å². The molecule has 1 N–H and O–H groups in total. The molecule has 0 aliphatic carbocycles. The van der Waals surface area contributed by atoms with Gasteiger partial charge < -0.3 is 15.0 Å². The van der Waals surface area contributed by atoms with E-state index in [4.69, 9.17) is 4.74 Å². The minimum atomic E-state index is 0.0589. The zero-order chi connectivity index (χ0) is 19.6. The number of rotatable bonds is 9. The molecule has 2 amide bonds. The van der Waals surface area contributed by atoms with Crippen molar-refractivity contribution in [3.63, 3.8) is 0 Å². The van der Waals surface area contributed by atoms with Crippen molar-refractivity contribution in [2.24, 2.45) is 5.92 Å². The van der Waals surface area contributed by atoms with E-state index in [9.17, 15) is 9.59 Å². The number of benzene rings is 1. The van der Waals surface area contributed by atoms with E-state index in [0.717, 1.165) is 32.4 Å². The first-order valence-electron chi connectivity index (χ1n) is 9.78. The normalized spacial score (nSPS) is 15.5. The minimum absolute atomic E-state index is 0.0589. The SMILES string of the molecule is COCCCNC(=O)C1CCN(CC(=O)N(C)Cc2ccccc2C)CC1. The topological polar surface area (TPSA) is 61.9 Å². The van der Waals surface area contributed by atoms with Crippen molar-refractivity contribution >= 4 is 11.8 Å². The van der Waals surface area contributed by atoms with Crippen LogP contribution in [0.15, 0.2) is 24.3 Å². The number of likely N-dealkylation sites (tertiary alicyclic amines) is 1. The fourth-order valence-electron chi connectivity index (χ4n) is 3.37. The fourth-order valence-corrected chi connectivity index (χ4v) is 3.37. The van der Waals surface area contributed by atoms with Crippen molar-refractivity contribution in [3.05, 3.63) is 35.4 Å². The van der Waals surface area contributed by atoms with E-state index in [1.54, 1.807) is 12.0 Å². The van der Waals surface area contributed by atoms with Gasteiger partial charge in [0.05, 0.1) is 6.54 Å². The summed E-state index contributed by atoms with van der Waals surface area (Å²) in [4.78, 5) is 28.7. The van der Waals surface area contributed by atoms with E-state index in [2.05, 4.69) is 29.3 Å². The van der Waals surface area contributed by atoms with Gasteiger partial charge in [-0.1, -0.05) is 24.3 Å². The number of nitrogens with one attached hydrogen (secondary N) is 1. The molecule has 1 aromatic carbocycles. The molecule has 1 heterocycles. The Balaban J connectivity index is 1.70. The van der Waals surface area contributed by atoms with Gasteiger partial charge in [0.25, 0.3) is 0 Å². The molecule has 1 aromatic rings. The van der Waals surface area contributed by atoms with Gasteiger partial charge in [0.15, 0.2) is 0 Å². The number of carbonyl (C=O) groups excluding carboxylic acids is 2. The molecule has 1 aliphatic rings. The molecule has 0 spiro atoms. The van der Waals surface area contributed by atoms with E-state index in [1.165, 1.54) is 11.1 Å². The van der Waals surface area contributed by atoms with Gasteiger partial charge in [-0.3, -0.25) is 14.5 Å². The number of hydrogen-bond donors (Lipinski definition) is 1. The van der Waals surface area contributed by atoms with Crippen molar-refractivity contribution < 1.29 is 14.3 Å². The van der Waals surface area contributed by atoms with Crippen molar-refractivity contribution in [2.75, 3.05) is 46.9 Å². The third-order valence-corrected chi connectivity index (χ3v) is 5.24. The van der Waals surface area contributed by atoms with Gasteiger partial charge in [0.2, 0.25) is 11.8 Å². The van der Waals surface area contributed by atoms with Crippen molar-refractivity contribution in [2.45, 2.75) is 32.7 Å². The highest BCUT2D eigenvalue weighted by molar-refractivity contribution is 5.79. The summed E-state index contributed by atoms with van der Waals surface area (Å²) in [7, 11) is 3.52. The van der Waals surface area contributed by atoms with Crippen LogP contribution < -0.4 is 5.32 Å². The van der Waals surface area contributed by atoms with Crippen LogP contribution in [0.2, 0.25) is 0 Å². The lowest BCUT2D eigenvalue weighted by molar-refractivity contribution is -0.132. The van der Waals surface area contributed by atoms with Crippen LogP contribution in [0, 0.1) is 12.8 Å². The maximum atomic E-state index is 12.5. The number of amides is 2. The summed E-state index contributed by atoms with van der Waals surface area (Å²) in [6.07, 6.45) is 2.46. The Morgan fingerprint density at radius 3 is 2.63 bits per heavy atom. The van der Waals surface area contributed by atoms with E-state index in [0.29, 0.717) is 26.2 Å². The second kappa shape index (κ2) is 11.0. The number of piperidine rings is 1. The van der Waals surface area contributed by atoms with Gasteiger partial charge in [-0.15, -0.1) is 0 Å². The summed E-state index contributed by atoms with van der Waals surface area (Å²) >= 11 is 0. The molecule has 0 unspecified atom stereocenters. The van der Waals surface area contributed by atoms with Crippen molar-refractivity contribution in [3.8, 4) is 0 Å². The summed E-state index contributed by atoms with van der Waals surface area (Å²) in [5, 5.41) is 2.98. The van der Waals surface area contributed by atoms with Crippen LogP contribution in [0.3, 0.4) is 0 Å². The first-order chi connectivity index (χ1) is 13.0. The Kier molecular flexibility index (Phi) is 8.75. The van der Waals surface area contributed by atoms with Gasteiger partial charge in [-0.2, -0.15) is 0 Å². The molecule has 0 radical (unpaired) electrons. The first kappa shape index (κ1) is 21.4. The Morgan fingerprint density at radius 1 is 1.26 bits per heavy atom. The monoisotopic (exact) mass is 375 g/mol. The average Bonchev–Trinajstić information content (AvgIpc) is 2.67. The molecule has 1 aliphatic heterocycles. The Bertz CT molecular complexity index is 612. The standard InChI is InChI=1S/C21H33N3O3/c1-17-7-4-5-8-19(17)15-23(2)20(25)16-24-12-9-18(10-13-24)21(26)22-11-6-14-27-3/h4-5,7-8,18H,6,9-16H2,1-3H3,(H,22,26). The molecule has 6 heteroatoms. The molecule has 0 saturated carbocycles. The molecule has 2 rings (SSSR count). The molecule has 0 atom stereocenters. The largest absolute Gasteiger partial charge is 0.385 e. The van der Waals surface area contributed by atoms with Gasteiger partial charge in [0.1, 0.15) is 0 Å². The minimum Gasteiger partial charge on any atom is -0.385 e. The third kappa shape index (κ3) is 6.96. The van der Waals surface area contributed by atoms with Gasteiger partial charge in [-0.25, -0.2) is 0 Å². The molecule has 1 fully saturated rings. The molecule has 150 valence electrons. The van der Waals surface area contributed by atoms with Gasteiger partial charge in [0, 0.05) is 39.8 Å². The third-order valence-electron chi connectivity index (χ3n) is 5.24. The highest BCUT2D eigenvalue weighted by Crippen LogP contribution is 2.17. The van der Waals surface area contributed by atoms with Crippen LogP contribution in [-0.4, -0.2) is 68.6 Å². The van der Waals surface area contributed by atoms with Crippen LogP contribution in [0.25, 0.3) is 0 Å². The Hall–Kier alpha value is -1.92. The summed E-state index contributed by atoms with van der Waals surface area (Å²) < 4.78 is 4.99. The second-order valence-electron chi connectivity index (χ2n) is 7.36. The maximum absolute atomic E-state index is 12.5. The first-order valence-corrected chi connectivity index (χ1v) is 9.78. The van der Waals surface area contributed by atoms with E-state index >= 15 is 0 Å². The molecule has 0 bridgehead atoms. The molecule has 27 heavy (non-hydrogen) atoms. The quantitative estimate of drug-likeness (QED) is 0.669. The summed E-state index contributed by atoms with van der Waals surface area (Å²) in [5.74, 6) is 0.318.